The standard InChI is InChI=1S/C17H15BrFNO2/c18-15-7-6-13-8-9-20(10-14(13)16(15)19)17(21)22-11-12-4-2-1-3-5-12/h1-7H,8-11H2. The third kappa shape index (κ3) is 3.14. The molecule has 1 amide bonds. The van der Waals surface area contributed by atoms with Gasteiger partial charge in [-0.2, -0.15) is 0 Å². The molecule has 22 heavy (non-hydrogen) atoms. The molecule has 1 heterocycles. The van der Waals surface area contributed by atoms with Gasteiger partial charge in [0.05, 0.1) is 11.0 Å². The van der Waals surface area contributed by atoms with Gasteiger partial charge in [-0.15, -0.1) is 0 Å². The van der Waals surface area contributed by atoms with Crippen molar-refractivity contribution in [2.24, 2.45) is 0 Å². The summed E-state index contributed by atoms with van der Waals surface area (Å²) in [7, 11) is 0. The Labute approximate surface area is 136 Å². The molecule has 5 heteroatoms. The fourth-order valence-corrected chi connectivity index (χ4v) is 2.90. The summed E-state index contributed by atoms with van der Waals surface area (Å²) >= 11 is 3.18. The number of fused-ring (bicyclic) bond motifs is 1. The first-order chi connectivity index (χ1) is 10.6. The molecular formula is C17H15BrFNO2. The van der Waals surface area contributed by atoms with Crippen LogP contribution in [0.15, 0.2) is 46.9 Å². The van der Waals surface area contributed by atoms with E-state index in [0.29, 0.717) is 23.0 Å². The molecular weight excluding hydrogens is 349 g/mol. The Morgan fingerprint density at radius 3 is 2.77 bits per heavy atom. The second-order valence-corrected chi connectivity index (χ2v) is 6.07. The molecule has 0 atom stereocenters. The molecule has 0 saturated heterocycles. The van der Waals surface area contributed by atoms with Gasteiger partial charge in [0.25, 0.3) is 0 Å². The third-order valence-corrected chi connectivity index (χ3v) is 4.37. The van der Waals surface area contributed by atoms with Crippen molar-refractivity contribution in [2.45, 2.75) is 19.6 Å². The summed E-state index contributed by atoms with van der Waals surface area (Å²) in [5, 5.41) is 0. The van der Waals surface area contributed by atoms with Crippen molar-refractivity contribution in [3.8, 4) is 0 Å². The average molecular weight is 364 g/mol. The number of ether oxygens (including phenoxy) is 1. The van der Waals surface area contributed by atoms with Gasteiger partial charge < -0.3 is 9.64 Å². The SMILES string of the molecule is O=C(OCc1ccccc1)N1CCc2ccc(Br)c(F)c2C1. The second-order valence-electron chi connectivity index (χ2n) is 5.21. The van der Waals surface area contributed by atoms with E-state index >= 15 is 0 Å². The zero-order valence-electron chi connectivity index (χ0n) is 11.9. The summed E-state index contributed by atoms with van der Waals surface area (Å²) in [6.45, 7) is 1.01. The topological polar surface area (TPSA) is 29.5 Å². The van der Waals surface area contributed by atoms with Crippen molar-refractivity contribution in [3.05, 3.63) is 69.4 Å². The largest absolute Gasteiger partial charge is 0.445 e. The van der Waals surface area contributed by atoms with Gasteiger partial charge in [-0.1, -0.05) is 36.4 Å². The lowest BCUT2D eigenvalue weighted by atomic mass is 10.00. The van der Waals surface area contributed by atoms with E-state index in [4.69, 9.17) is 4.74 Å². The first kappa shape index (κ1) is 15.0. The van der Waals surface area contributed by atoms with Gasteiger partial charge in [0.2, 0.25) is 0 Å². The molecule has 3 rings (SSSR count). The Morgan fingerprint density at radius 2 is 2.00 bits per heavy atom. The average Bonchev–Trinajstić information content (AvgIpc) is 2.57. The smallest absolute Gasteiger partial charge is 0.410 e. The van der Waals surface area contributed by atoms with Crippen LogP contribution in [-0.4, -0.2) is 17.5 Å². The van der Waals surface area contributed by atoms with Crippen molar-refractivity contribution in [1.82, 2.24) is 4.90 Å². The highest BCUT2D eigenvalue weighted by Gasteiger charge is 2.25. The minimum Gasteiger partial charge on any atom is -0.445 e. The van der Waals surface area contributed by atoms with E-state index in [0.717, 1.165) is 11.1 Å². The van der Waals surface area contributed by atoms with Crippen LogP contribution in [0.3, 0.4) is 0 Å². The van der Waals surface area contributed by atoms with Crippen molar-refractivity contribution in [1.29, 1.82) is 0 Å². The Bertz CT molecular complexity index is 691. The summed E-state index contributed by atoms with van der Waals surface area (Å²) in [4.78, 5) is 13.7. The number of hydrogen-bond acceptors (Lipinski definition) is 2. The van der Waals surface area contributed by atoms with Crippen molar-refractivity contribution in [2.75, 3.05) is 6.54 Å². The molecule has 0 aromatic heterocycles. The molecule has 0 N–H and O–H groups in total. The second kappa shape index (κ2) is 6.48. The van der Waals surface area contributed by atoms with Gasteiger partial charge in [-0.3, -0.25) is 0 Å². The molecule has 1 aliphatic heterocycles. The number of halogens is 2. The van der Waals surface area contributed by atoms with Gasteiger partial charge in [0, 0.05) is 12.1 Å². The number of amides is 1. The minimum atomic E-state index is -0.408. The maximum Gasteiger partial charge on any atom is 0.410 e. The summed E-state index contributed by atoms with van der Waals surface area (Å²) in [5.74, 6) is -0.293. The Kier molecular flexibility index (Phi) is 4.43. The van der Waals surface area contributed by atoms with Gasteiger partial charge in [-0.25, -0.2) is 9.18 Å². The Balaban J connectivity index is 1.66. The van der Waals surface area contributed by atoms with Gasteiger partial charge in [-0.05, 0) is 39.5 Å². The fraction of sp³-hybridized carbons (Fsp3) is 0.235. The molecule has 2 aromatic carbocycles. The molecule has 2 aromatic rings. The Morgan fingerprint density at radius 1 is 1.23 bits per heavy atom. The maximum absolute atomic E-state index is 14.1. The summed E-state index contributed by atoms with van der Waals surface area (Å²) in [6.07, 6.45) is 0.230. The number of hydrogen-bond donors (Lipinski definition) is 0. The lowest BCUT2D eigenvalue weighted by Crippen LogP contribution is -2.36. The summed E-state index contributed by atoms with van der Waals surface area (Å²) < 4.78 is 19.9. The van der Waals surface area contributed by atoms with Crippen LogP contribution in [0.25, 0.3) is 0 Å². The van der Waals surface area contributed by atoms with Crippen molar-refractivity contribution < 1.29 is 13.9 Å². The molecule has 0 aliphatic carbocycles. The first-order valence-electron chi connectivity index (χ1n) is 7.06. The van der Waals surface area contributed by atoms with Crippen molar-refractivity contribution in [3.63, 3.8) is 0 Å². The van der Waals surface area contributed by atoms with E-state index in [9.17, 15) is 9.18 Å². The van der Waals surface area contributed by atoms with E-state index in [1.807, 2.05) is 36.4 Å². The van der Waals surface area contributed by atoms with Gasteiger partial charge >= 0.3 is 6.09 Å². The van der Waals surface area contributed by atoms with E-state index in [2.05, 4.69) is 15.9 Å². The highest BCUT2D eigenvalue weighted by molar-refractivity contribution is 9.10. The highest BCUT2D eigenvalue weighted by Crippen LogP contribution is 2.27. The van der Waals surface area contributed by atoms with Gasteiger partial charge in [0.15, 0.2) is 0 Å². The summed E-state index contributed by atoms with van der Waals surface area (Å²) in [6, 6.07) is 13.1. The van der Waals surface area contributed by atoms with Gasteiger partial charge in [0.1, 0.15) is 12.4 Å². The van der Waals surface area contributed by atoms with Crippen LogP contribution < -0.4 is 0 Å². The fourth-order valence-electron chi connectivity index (χ4n) is 2.53. The zero-order valence-corrected chi connectivity index (χ0v) is 13.5. The molecule has 0 saturated carbocycles. The molecule has 0 radical (unpaired) electrons. The number of nitrogens with zero attached hydrogens (tertiary/aromatic N) is 1. The number of rotatable bonds is 2. The van der Waals surface area contributed by atoms with Crippen LogP contribution >= 0.6 is 15.9 Å². The predicted octanol–water partition coefficient (Wildman–Crippen LogP) is 4.28. The summed E-state index contributed by atoms with van der Waals surface area (Å²) in [5.41, 5.74) is 2.45. The highest BCUT2D eigenvalue weighted by atomic mass is 79.9. The van der Waals surface area contributed by atoms with Crippen molar-refractivity contribution >= 4 is 22.0 Å². The zero-order chi connectivity index (χ0) is 15.5. The van der Waals surface area contributed by atoms with Crippen LogP contribution in [0.2, 0.25) is 0 Å². The number of carbonyl (C=O) groups is 1. The first-order valence-corrected chi connectivity index (χ1v) is 7.86. The lowest BCUT2D eigenvalue weighted by molar-refractivity contribution is 0.0913. The molecule has 114 valence electrons. The van der Waals surface area contributed by atoms with E-state index in [-0.39, 0.29) is 19.0 Å². The predicted molar refractivity (Wildman–Crippen MR) is 84.8 cm³/mol. The van der Waals surface area contributed by atoms with Crippen LogP contribution in [0.1, 0.15) is 16.7 Å². The maximum atomic E-state index is 14.1. The number of benzene rings is 2. The Hall–Kier alpha value is -1.88. The van der Waals surface area contributed by atoms with Crippen LogP contribution in [-0.2, 0) is 24.3 Å². The van der Waals surface area contributed by atoms with Crippen LogP contribution in [0.5, 0.6) is 0 Å². The van der Waals surface area contributed by atoms with E-state index in [1.165, 1.54) is 0 Å². The van der Waals surface area contributed by atoms with Crippen LogP contribution in [0.4, 0.5) is 9.18 Å². The quantitative estimate of drug-likeness (QED) is 0.796. The molecule has 0 bridgehead atoms. The molecule has 0 unspecified atom stereocenters. The van der Waals surface area contributed by atoms with E-state index in [1.54, 1.807) is 11.0 Å². The normalized spacial score (nSPS) is 13.6. The van der Waals surface area contributed by atoms with E-state index < -0.39 is 6.09 Å². The number of carbonyl (C=O) groups excluding carboxylic acids is 1. The minimum absolute atomic E-state index is 0.226. The molecule has 3 nitrogen and oxygen atoms in total. The van der Waals surface area contributed by atoms with Crippen LogP contribution in [0, 0.1) is 5.82 Å². The molecule has 0 spiro atoms. The molecule has 1 aliphatic rings. The molecule has 0 fully saturated rings. The third-order valence-electron chi connectivity index (χ3n) is 3.76. The lowest BCUT2D eigenvalue weighted by Gasteiger charge is -2.28. The monoisotopic (exact) mass is 363 g/mol.